The minimum atomic E-state index is -0.576. The summed E-state index contributed by atoms with van der Waals surface area (Å²) in [6, 6.07) is 3.66. The fourth-order valence-electron chi connectivity index (χ4n) is 1.39. The molecule has 0 saturated heterocycles. The van der Waals surface area contributed by atoms with Crippen LogP contribution in [0.15, 0.2) is 18.3 Å². The van der Waals surface area contributed by atoms with E-state index >= 15 is 0 Å². The predicted octanol–water partition coefficient (Wildman–Crippen LogP) is 2.09. The highest BCUT2D eigenvalue weighted by molar-refractivity contribution is 5.76. The molecule has 100 valence electrons. The van der Waals surface area contributed by atoms with Gasteiger partial charge in [0.2, 0.25) is 5.88 Å². The van der Waals surface area contributed by atoms with Crippen molar-refractivity contribution in [2.75, 3.05) is 25.6 Å². The van der Waals surface area contributed by atoms with Crippen molar-refractivity contribution in [1.82, 2.24) is 4.98 Å². The molecule has 0 saturated carbocycles. The molecule has 0 bridgehead atoms. The second-order valence-electron chi connectivity index (χ2n) is 4.55. The number of anilines is 1. The Morgan fingerprint density at radius 3 is 2.67 bits per heavy atom. The van der Waals surface area contributed by atoms with E-state index in [1.54, 1.807) is 12.3 Å². The summed E-state index contributed by atoms with van der Waals surface area (Å²) in [5.74, 6) is 0.351. The van der Waals surface area contributed by atoms with Crippen molar-refractivity contribution in [3.8, 4) is 5.88 Å². The minimum absolute atomic E-state index is 0.242. The van der Waals surface area contributed by atoms with Gasteiger partial charge in [-0.05, 0) is 26.8 Å². The fraction of sp³-hybridized carbons (Fsp3) is 0.538. The molecule has 0 amide bonds. The summed E-state index contributed by atoms with van der Waals surface area (Å²) in [7, 11) is 1.39. The topological polar surface area (TPSA) is 60.5 Å². The summed E-state index contributed by atoms with van der Waals surface area (Å²) < 4.78 is 9.99. The molecule has 0 fully saturated rings. The smallest absolute Gasteiger partial charge is 0.313 e. The predicted molar refractivity (Wildman–Crippen MR) is 69.7 cm³/mol. The number of esters is 1. The summed E-state index contributed by atoms with van der Waals surface area (Å²) >= 11 is 0. The molecule has 1 aromatic heterocycles. The summed E-state index contributed by atoms with van der Waals surface area (Å²) in [6.07, 6.45) is 1.68. The van der Waals surface area contributed by atoms with Crippen LogP contribution in [0.25, 0.3) is 0 Å². The number of nitrogens with one attached hydrogen (secondary N) is 1. The molecule has 1 rings (SSSR count). The number of hydrogen-bond donors (Lipinski definition) is 1. The molecule has 5 heteroatoms. The number of aromatic nitrogens is 1. The van der Waals surface area contributed by atoms with E-state index in [4.69, 9.17) is 9.47 Å². The maximum atomic E-state index is 11.5. The molecule has 18 heavy (non-hydrogen) atoms. The molecule has 1 heterocycles. The van der Waals surface area contributed by atoms with E-state index in [1.165, 1.54) is 7.11 Å². The van der Waals surface area contributed by atoms with Crippen LogP contribution in [-0.2, 0) is 9.53 Å². The SMILES string of the molecule is CCOc1ccc(NCC(C)(C)C(=O)OC)cn1. The number of pyridine rings is 1. The van der Waals surface area contributed by atoms with Crippen LogP contribution in [0.5, 0.6) is 5.88 Å². The third kappa shape index (κ3) is 3.91. The Balaban J connectivity index is 2.55. The second kappa shape index (κ2) is 6.23. The average Bonchev–Trinajstić information content (AvgIpc) is 2.37. The van der Waals surface area contributed by atoms with E-state index in [9.17, 15) is 4.79 Å². The fourth-order valence-corrected chi connectivity index (χ4v) is 1.39. The van der Waals surface area contributed by atoms with Gasteiger partial charge in [-0.2, -0.15) is 0 Å². The van der Waals surface area contributed by atoms with Crippen LogP contribution in [-0.4, -0.2) is 31.2 Å². The van der Waals surface area contributed by atoms with Gasteiger partial charge in [0.15, 0.2) is 0 Å². The Morgan fingerprint density at radius 1 is 1.44 bits per heavy atom. The van der Waals surface area contributed by atoms with E-state index in [0.717, 1.165) is 5.69 Å². The molecule has 0 spiro atoms. The third-order valence-corrected chi connectivity index (χ3v) is 2.50. The van der Waals surface area contributed by atoms with Gasteiger partial charge in [0.1, 0.15) is 0 Å². The zero-order valence-corrected chi connectivity index (χ0v) is 11.3. The van der Waals surface area contributed by atoms with E-state index in [1.807, 2.05) is 26.8 Å². The Kier molecular flexibility index (Phi) is 4.95. The van der Waals surface area contributed by atoms with E-state index in [2.05, 4.69) is 10.3 Å². The molecule has 0 unspecified atom stereocenters. The summed E-state index contributed by atoms with van der Waals surface area (Å²) in [5.41, 5.74) is 0.267. The molecule has 0 aromatic carbocycles. The third-order valence-electron chi connectivity index (χ3n) is 2.50. The largest absolute Gasteiger partial charge is 0.478 e. The van der Waals surface area contributed by atoms with Crippen LogP contribution in [0.4, 0.5) is 5.69 Å². The first-order valence-electron chi connectivity index (χ1n) is 5.90. The van der Waals surface area contributed by atoms with E-state index in [-0.39, 0.29) is 5.97 Å². The number of carbonyl (C=O) groups excluding carboxylic acids is 1. The Bertz CT molecular complexity index is 388. The lowest BCUT2D eigenvalue weighted by atomic mass is 9.94. The van der Waals surface area contributed by atoms with Crippen molar-refractivity contribution in [2.45, 2.75) is 20.8 Å². The molecule has 1 N–H and O–H groups in total. The summed E-state index contributed by atoms with van der Waals surface area (Å²) in [6.45, 7) is 6.64. The number of methoxy groups -OCH3 is 1. The highest BCUT2D eigenvalue weighted by atomic mass is 16.5. The highest BCUT2D eigenvalue weighted by Crippen LogP contribution is 2.19. The zero-order valence-electron chi connectivity index (χ0n) is 11.3. The van der Waals surface area contributed by atoms with Gasteiger partial charge < -0.3 is 14.8 Å². The van der Waals surface area contributed by atoms with Crippen LogP contribution < -0.4 is 10.1 Å². The molecular formula is C13H20N2O3. The van der Waals surface area contributed by atoms with Crippen LogP contribution in [0.2, 0.25) is 0 Å². The zero-order chi connectivity index (χ0) is 13.6. The van der Waals surface area contributed by atoms with Gasteiger partial charge in [0.05, 0.1) is 31.0 Å². The molecule has 0 radical (unpaired) electrons. The Hall–Kier alpha value is -1.78. The van der Waals surface area contributed by atoms with Crippen LogP contribution in [0.3, 0.4) is 0 Å². The first-order valence-corrected chi connectivity index (χ1v) is 5.90. The van der Waals surface area contributed by atoms with E-state index < -0.39 is 5.41 Å². The van der Waals surface area contributed by atoms with Crippen LogP contribution in [0, 0.1) is 5.41 Å². The van der Waals surface area contributed by atoms with E-state index in [0.29, 0.717) is 19.0 Å². The summed E-state index contributed by atoms with van der Waals surface area (Å²) in [4.78, 5) is 15.6. The van der Waals surface area contributed by atoms with Crippen molar-refractivity contribution < 1.29 is 14.3 Å². The Labute approximate surface area is 108 Å². The molecular weight excluding hydrogens is 232 g/mol. The molecule has 0 atom stereocenters. The van der Waals surface area contributed by atoms with Crippen LogP contribution in [0.1, 0.15) is 20.8 Å². The van der Waals surface area contributed by atoms with Crippen molar-refractivity contribution in [3.63, 3.8) is 0 Å². The minimum Gasteiger partial charge on any atom is -0.478 e. The molecule has 5 nitrogen and oxygen atoms in total. The van der Waals surface area contributed by atoms with Crippen LogP contribution >= 0.6 is 0 Å². The molecule has 0 aliphatic carbocycles. The maximum Gasteiger partial charge on any atom is 0.313 e. The van der Waals surface area contributed by atoms with Gasteiger partial charge in [-0.1, -0.05) is 0 Å². The number of hydrogen-bond acceptors (Lipinski definition) is 5. The molecule has 0 aliphatic rings. The summed E-state index contributed by atoms with van der Waals surface area (Å²) in [5, 5.41) is 3.15. The van der Waals surface area contributed by atoms with Gasteiger partial charge >= 0.3 is 5.97 Å². The number of carbonyl (C=O) groups is 1. The average molecular weight is 252 g/mol. The van der Waals surface area contributed by atoms with Gasteiger partial charge in [0.25, 0.3) is 0 Å². The van der Waals surface area contributed by atoms with Crippen molar-refractivity contribution >= 4 is 11.7 Å². The monoisotopic (exact) mass is 252 g/mol. The van der Waals surface area contributed by atoms with Crippen molar-refractivity contribution in [1.29, 1.82) is 0 Å². The lowest BCUT2D eigenvalue weighted by Gasteiger charge is -2.22. The van der Waals surface area contributed by atoms with Crippen molar-refractivity contribution in [3.05, 3.63) is 18.3 Å². The van der Waals surface area contributed by atoms with Gasteiger partial charge in [-0.15, -0.1) is 0 Å². The second-order valence-corrected chi connectivity index (χ2v) is 4.55. The van der Waals surface area contributed by atoms with Gasteiger partial charge in [0, 0.05) is 12.6 Å². The number of rotatable bonds is 6. The lowest BCUT2D eigenvalue weighted by Crippen LogP contribution is -2.33. The quantitative estimate of drug-likeness (QED) is 0.785. The maximum absolute atomic E-state index is 11.5. The Morgan fingerprint density at radius 2 is 2.17 bits per heavy atom. The van der Waals surface area contributed by atoms with Gasteiger partial charge in [-0.3, -0.25) is 4.79 Å². The number of ether oxygens (including phenoxy) is 2. The van der Waals surface area contributed by atoms with Crippen molar-refractivity contribution in [2.24, 2.45) is 5.41 Å². The lowest BCUT2D eigenvalue weighted by molar-refractivity contribution is -0.149. The first kappa shape index (κ1) is 14.3. The molecule has 0 aliphatic heterocycles. The highest BCUT2D eigenvalue weighted by Gasteiger charge is 2.28. The normalized spacial score (nSPS) is 10.9. The van der Waals surface area contributed by atoms with Gasteiger partial charge in [-0.25, -0.2) is 4.98 Å². The number of nitrogens with zero attached hydrogens (tertiary/aromatic N) is 1. The standard InChI is InChI=1S/C13H20N2O3/c1-5-18-11-7-6-10(8-14-11)15-9-13(2,3)12(16)17-4/h6-8,15H,5,9H2,1-4H3. The molecule has 1 aromatic rings. The first-order chi connectivity index (χ1) is 8.49.